The molecule has 1 aromatic rings. The highest BCUT2D eigenvalue weighted by atomic mass is 19.1. The Kier molecular flexibility index (Phi) is 4.71. The van der Waals surface area contributed by atoms with E-state index in [1.54, 1.807) is 13.2 Å². The van der Waals surface area contributed by atoms with Gasteiger partial charge in [-0.15, -0.1) is 0 Å². The van der Waals surface area contributed by atoms with E-state index in [4.69, 9.17) is 9.47 Å². The summed E-state index contributed by atoms with van der Waals surface area (Å²) in [5.74, 6) is -0.0245. The maximum absolute atomic E-state index is 13.5. The molecule has 90 valence electrons. The van der Waals surface area contributed by atoms with Crippen LogP contribution >= 0.6 is 0 Å². The molecule has 0 bridgehead atoms. The minimum absolute atomic E-state index is 0.137. The summed E-state index contributed by atoms with van der Waals surface area (Å²) >= 11 is 0. The van der Waals surface area contributed by atoms with E-state index < -0.39 is 11.9 Å². The summed E-state index contributed by atoms with van der Waals surface area (Å²) in [6.45, 7) is 3.80. The SMILES string of the molecule is COCC(C)Oc1ccc([C@@H](C)O)c(F)c1. The topological polar surface area (TPSA) is 38.7 Å². The van der Waals surface area contributed by atoms with Gasteiger partial charge in [-0.25, -0.2) is 4.39 Å². The van der Waals surface area contributed by atoms with Gasteiger partial charge >= 0.3 is 0 Å². The molecule has 16 heavy (non-hydrogen) atoms. The molecule has 1 aromatic carbocycles. The number of ether oxygens (including phenoxy) is 2. The molecular weight excluding hydrogens is 211 g/mol. The fourth-order valence-corrected chi connectivity index (χ4v) is 1.42. The molecule has 0 saturated carbocycles. The normalized spacial score (nSPS) is 14.6. The third kappa shape index (κ3) is 3.47. The Balaban J connectivity index is 2.73. The number of aliphatic hydroxyl groups excluding tert-OH is 1. The van der Waals surface area contributed by atoms with Crippen molar-refractivity contribution in [1.82, 2.24) is 0 Å². The lowest BCUT2D eigenvalue weighted by Gasteiger charge is -2.14. The first-order chi connectivity index (χ1) is 7.54. The molecule has 0 amide bonds. The Morgan fingerprint density at radius 2 is 2.06 bits per heavy atom. The number of hydrogen-bond acceptors (Lipinski definition) is 3. The first kappa shape index (κ1) is 12.9. The maximum Gasteiger partial charge on any atom is 0.132 e. The van der Waals surface area contributed by atoms with Crippen molar-refractivity contribution < 1.29 is 19.0 Å². The number of benzene rings is 1. The number of halogens is 1. The van der Waals surface area contributed by atoms with Crippen LogP contribution in [0.2, 0.25) is 0 Å². The highest BCUT2D eigenvalue weighted by molar-refractivity contribution is 5.30. The summed E-state index contributed by atoms with van der Waals surface area (Å²) in [6, 6.07) is 4.43. The van der Waals surface area contributed by atoms with Crippen LogP contribution in [0.15, 0.2) is 18.2 Å². The molecule has 0 aliphatic heterocycles. The van der Waals surface area contributed by atoms with Crippen molar-refractivity contribution in [2.45, 2.75) is 26.1 Å². The summed E-state index contributed by atoms with van der Waals surface area (Å²) in [5.41, 5.74) is 0.270. The van der Waals surface area contributed by atoms with Crippen LogP contribution < -0.4 is 4.74 Å². The Morgan fingerprint density at radius 1 is 1.38 bits per heavy atom. The molecule has 1 N–H and O–H groups in total. The molecule has 1 rings (SSSR count). The molecule has 0 saturated heterocycles. The lowest BCUT2D eigenvalue weighted by molar-refractivity contribution is 0.0917. The van der Waals surface area contributed by atoms with Gasteiger partial charge in [0.05, 0.1) is 12.7 Å². The number of rotatable bonds is 5. The van der Waals surface area contributed by atoms with E-state index in [-0.39, 0.29) is 11.7 Å². The van der Waals surface area contributed by atoms with E-state index in [9.17, 15) is 9.50 Å². The zero-order chi connectivity index (χ0) is 12.1. The molecule has 4 heteroatoms. The van der Waals surface area contributed by atoms with Crippen LogP contribution in [0.4, 0.5) is 4.39 Å². The van der Waals surface area contributed by atoms with Crippen molar-refractivity contribution in [2.24, 2.45) is 0 Å². The first-order valence-corrected chi connectivity index (χ1v) is 5.17. The van der Waals surface area contributed by atoms with Crippen molar-refractivity contribution in [3.05, 3.63) is 29.6 Å². The third-order valence-corrected chi connectivity index (χ3v) is 2.16. The van der Waals surface area contributed by atoms with Gasteiger partial charge in [-0.05, 0) is 26.0 Å². The molecule has 3 nitrogen and oxygen atoms in total. The van der Waals surface area contributed by atoms with Crippen LogP contribution in [0.3, 0.4) is 0 Å². The van der Waals surface area contributed by atoms with Crippen LogP contribution in [-0.4, -0.2) is 24.9 Å². The van der Waals surface area contributed by atoms with E-state index in [0.717, 1.165) is 0 Å². The van der Waals surface area contributed by atoms with Gasteiger partial charge in [0.2, 0.25) is 0 Å². The van der Waals surface area contributed by atoms with E-state index in [1.807, 2.05) is 6.92 Å². The van der Waals surface area contributed by atoms with Gasteiger partial charge in [0, 0.05) is 18.7 Å². The Labute approximate surface area is 94.8 Å². The van der Waals surface area contributed by atoms with Crippen molar-refractivity contribution in [3.8, 4) is 5.75 Å². The van der Waals surface area contributed by atoms with Crippen LogP contribution in [0, 0.1) is 5.82 Å². The lowest BCUT2D eigenvalue weighted by atomic mass is 10.1. The highest BCUT2D eigenvalue weighted by Crippen LogP contribution is 2.22. The average molecular weight is 228 g/mol. The molecule has 0 spiro atoms. The van der Waals surface area contributed by atoms with Gasteiger partial charge < -0.3 is 14.6 Å². The molecular formula is C12H17FO3. The molecule has 0 heterocycles. The Hall–Kier alpha value is -1.13. The van der Waals surface area contributed by atoms with Gasteiger partial charge in [-0.3, -0.25) is 0 Å². The zero-order valence-electron chi connectivity index (χ0n) is 9.74. The minimum atomic E-state index is -0.814. The summed E-state index contributed by atoms with van der Waals surface area (Å²) in [4.78, 5) is 0. The molecule has 0 fully saturated rings. The zero-order valence-corrected chi connectivity index (χ0v) is 9.74. The predicted octanol–water partition coefficient (Wildman–Crippen LogP) is 2.29. The van der Waals surface area contributed by atoms with E-state index in [0.29, 0.717) is 12.4 Å². The maximum atomic E-state index is 13.5. The fourth-order valence-electron chi connectivity index (χ4n) is 1.42. The second kappa shape index (κ2) is 5.82. The third-order valence-electron chi connectivity index (χ3n) is 2.16. The summed E-state index contributed by atoms with van der Waals surface area (Å²) in [6.07, 6.45) is -0.952. The predicted molar refractivity (Wildman–Crippen MR) is 59.0 cm³/mol. The van der Waals surface area contributed by atoms with Crippen molar-refractivity contribution in [1.29, 1.82) is 0 Å². The molecule has 0 aliphatic carbocycles. The monoisotopic (exact) mass is 228 g/mol. The molecule has 0 aliphatic rings. The van der Waals surface area contributed by atoms with Gasteiger partial charge in [0.25, 0.3) is 0 Å². The standard InChI is InChI=1S/C12H17FO3/c1-8(7-15-3)16-10-4-5-11(9(2)14)12(13)6-10/h4-6,8-9,14H,7H2,1-3H3/t8?,9-/m1/s1. The van der Waals surface area contributed by atoms with Gasteiger partial charge in [0.1, 0.15) is 17.7 Å². The molecule has 0 aromatic heterocycles. The Bertz CT molecular complexity index is 339. The average Bonchev–Trinajstić information content (AvgIpc) is 2.17. The summed E-state index contributed by atoms with van der Waals surface area (Å²) in [5, 5.41) is 9.26. The van der Waals surface area contributed by atoms with E-state index in [1.165, 1.54) is 19.1 Å². The van der Waals surface area contributed by atoms with Crippen LogP contribution in [0.1, 0.15) is 25.5 Å². The second-order valence-electron chi connectivity index (χ2n) is 3.74. The summed E-state index contributed by atoms with van der Waals surface area (Å²) in [7, 11) is 1.58. The quantitative estimate of drug-likeness (QED) is 0.840. The second-order valence-corrected chi connectivity index (χ2v) is 3.74. The van der Waals surface area contributed by atoms with Gasteiger partial charge in [-0.2, -0.15) is 0 Å². The fraction of sp³-hybridized carbons (Fsp3) is 0.500. The number of hydrogen-bond donors (Lipinski definition) is 1. The summed E-state index contributed by atoms with van der Waals surface area (Å²) < 4.78 is 23.8. The van der Waals surface area contributed by atoms with Gasteiger partial charge in [-0.1, -0.05) is 0 Å². The Morgan fingerprint density at radius 3 is 2.56 bits per heavy atom. The van der Waals surface area contributed by atoms with E-state index in [2.05, 4.69) is 0 Å². The van der Waals surface area contributed by atoms with Crippen molar-refractivity contribution >= 4 is 0 Å². The van der Waals surface area contributed by atoms with Crippen LogP contribution in [0.5, 0.6) is 5.75 Å². The number of methoxy groups -OCH3 is 1. The van der Waals surface area contributed by atoms with E-state index >= 15 is 0 Å². The smallest absolute Gasteiger partial charge is 0.132 e. The van der Waals surface area contributed by atoms with Gasteiger partial charge in [0.15, 0.2) is 0 Å². The highest BCUT2D eigenvalue weighted by Gasteiger charge is 2.10. The largest absolute Gasteiger partial charge is 0.488 e. The molecule has 0 radical (unpaired) electrons. The molecule has 1 unspecified atom stereocenters. The first-order valence-electron chi connectivity index (χ1n) is 5.17. The van der Waals surface area contributed by atoms with Crippen LogP contribution in [-0.2, 0) is 4.74 Å². The number of aliphatic hydroxyl groups is 1. The van der Waals surface area contributed by atoms with Crippen LogP contribution in [0.25, 0.3) is 0 Å². The van der Waals surface area contributed by atoms with Crippen molar-refractivity contribution in [3.63, 3.8) is 0 Å². The minimum Gasteiger partial charge on any atom is -0.488 e. The van der Waals surface area contributed by atoms with Crippen molar-refractivity contribution in [2.75, 3.05) is 13.7 Å². The molecule has 2 atom stereocenters. The lowest BCUT2D eigenvalue weighted by Crippen LogP contribution is -2.18.